The number of hydrogen-bond donors (Lipinski definition) is 1. The van der Waals surface area contributed by atoms with Gasteiger partial charge in [-0.25, -0.2) is 4.39 Å². The lowest BCUT2D eigenvalue weighted by atomic mass is 10.2. The monoisotopic (exact) mass is 283 g/mol. The van der Waals surface area contributed by atoms with E-state index in [-0.39, 0.29) is 5.82 Å². The van der Waals surface area contributed by atoms with Crippen molar-refractivity contribution in [1.82, 2.24) is 0 Å². The fourth-order valence-electron chi connectivity index (χ4n) is 2.51. The van der Waals surface area contributed by atoms with Gasteiger partial charge in [-0.2, -0.15) is 5.10 Å². The van der Waals surface area contributed by atoms with Crippen molar-refractivity contribution < 1.29 is 4.39 Å². The molecule has 108 valence electrons. The summed E-state index contributed by atoms with van der Waals surface area (Å²) in [5.74, 6) is -0.180. The summed E-state index contributed by atoms with van der Waals surface area (Å²) < 4.78 is 14.1. The maximum absolute atomic E-state index is 14.1. The van der Waals surface area contributed by atoms with Crippen molar-refractivity contribution in [2.24, 2.45) is 5.10 Å². The summed E-state index contributed by atoms with van der Waals surface area (Å²) in [5, 5.41) is 4.12. The van der Waals surface area contributed by atoms with Crippen LogP contribution >= 0.6 is 0 Å². The minimum Gasteiger partial charge on any atom is -0.369 e. The highest BCUT2D eigenvalue weighted by Gasteiger charge is 2.15. The van der Waals surface area contributed by atoms with Crippen molar-refractivity contribution in [3.63, 3.8) is 0 Å². The maximum atomic E-state index is 14.1. The SMILES string of the molecule is Fc1cc(/C=N\Nc2ccccc2)ccc1N1CCCC1. The Bertz CT molecular complexity index is 619. The molecule has 4 heteroatoms. The Balaban J connectivity index is 1.67. The average molecular weight is 283 g/mol. The van der Waals surface area contributed by atoms with Gasteiger partial charge in [0, 0.05) is 13.1 Å². The standard InChI is InChI=1S/C17H18FN3/c18-16-12-14(8-9-17(16)21-10-4-5-11-21)13-19-20-15-6-2-1-3-7-15/h1-3,6-9,12-13,20H,4-5,10-11H2/b19-13-. The summed E-state index contributed by atoms with van der Waals surface area (Å²) >= 11 is 0. The summed E-state index contributed by atoms with van der Waals surface area (Å²) in [5.41, 5.74) is 5.27. The summed E-state index contributed by atoms with van der Waals surface area (Å²) in [7, 11) is 0. The number of para-hydroxylation sites is 1. The molecule has 0 aliphatic carbocycles. The molecule has 1 heterocycles. The molecule has 3 nitrogen and oxygen atoms in total. The topological polar surface area (TPSA) is 27.6 Å². The number of nitrogens with zero attached hydrogens (tertiary/aromatic N) is 2. The lowest BCUT2D eigenvalue weighted by molar-refractivity contribution is 0.623. The van der Waals surface area contributed by atoms with Crippen LogP contribution in [-0.4, -0.2) is 19.3 Å². The van der Waals surface area contributed by atoms with Crippen LogP contribution in [0.5, 0.6) is 0 Å². The van der Waals surface area contributed by atoms with Crippen molar-refractivity contribution in [1.29, 1.82) is 0 Å². The van der Waals surface area contributed by atoms with Gasteiger partial charge in [0.2, 0.25) is 0 Å². The van der Waals surface area contributed by atoms with Crippen molar-refractivity contribution in [3.05, 3.63) is 59.9 Å². The molecule has 21 heavy (non-hydrogen) atoms. The van der Waals surface area contributed by atoms with Gasteiger partial charge in [0.25, 0.3) is 0 Å². The summed E-state index contributed by atoms with van der Waals surface area (Å²) in [6.07, 6.45) is 3.91. The zero-order valence-electron chi connectivity index (χ0n) is 11.8. The van der Waals surface area contributed by atoms with Crippen LogP contribution in [0.1, 0.15) is 18.4 Å². The minimum atomic E-state index is -0.180. The van der Waals surface area contributed by atoms with Crippen molar-refractivity contribution in [2.75, 3.05) is 23.4 Å². The van der Waals surface area contributed by atoms with Gasteiger partial charge in [-0.15, -0.1) is 0 Å². The highest BCUT2D eigenvalue weighted by Crippen LogP contribution is 2.23. The zero-order valence-corrected chi connectivity index (χ0v) is 11.8. The second-order valence-electron chi connectivity index (χ2n) is 5.14. The molecule has 2 aromatic rings. The van der Waals surface area contributed by atoms with E-state index in [0.29, 0.717) is 5.69 Å². The van der Waals surface area contributed by atoms with Gasteiger partial charge in [0.1, 0.15) is 5.82 Å². The first-order valence-electron chi connectivity index (χ1n) is 7.21. The molecule has 0 unspecified atom stereocenters. The molecule has 1 saturated heterocycles. The van der Waals surface area contributed by atoms with E-state index in [4.69, 9.17) is 0 Å². The van der Waals surface area contributed by atoms with Crippen molar-refractivity contribution >= 4 is 17.6 Å². The second kappa shape index (κ2) is 6.39. The van der Waals surface area contributed by atoms with Crippen LogP contribution in [0.2, 0.25) is 0 Å². The van der Waals surface area contributed by atoms with Crippen LogP contribution in [-0.2, 0) is 0 Å². The minimum absolute atomic E-state index is 0.180. The summed E-state index contributed by atoms with van der Waals surface area (Å²) in [6.45, 7) is 1.89. The number of halogens is 1. The molecule has 0 amide bonds. The van der Waals surface area contributed by atoms with Gasteiger partial charge in [0.15, 0.2) is 0 Å². The molecule has 1 fully saturated rings. The molecule has 0 atom stereocenters. The Morgan fingerprint density at radius 3 is 2.52 bits per heavy atom. The summed E-state index contributed by atoms with van der Waals surface area (Å²) in [6, 6.07) is 14.9. The third kappa shape index (κ3) is 3.40. The number of hydrazone groups is 1. The Morgan fingerprint density at radius 2 is 1.81 bits per heavy atom. The molecule has 0 aromatic heterocycles. The fourth-order valence-corrected chi connectivity index (χ4v) is 2.51. The van der Waals surface area contributed by atoms with Crippen LogP contribution in [0.15, 0.2) is 53.6 Å². The van der Waals surface area contributed by atoms with Gasteiger partial charge in [0.05, 0.1) is 17.6 Å². The van der Waals surface area contributed by atoms with Gasteiger partial charge in [-0.3, -0.25) is 5.43 Å². The molecule has 0 saturated carbocycles. The number of rotatable bonds is 4. The van der Waals surface area contributed by atoms with Crippen LogP contribution < -0.4 is 10.3 Å². The Hall–Kier alpha value is -2.36. The van der Waals surface area contributed by atoms with E-state index in [0.717, 1.165) is 37.2 Å². The predicted octanol–water partition coefficient (Wildman–Crippen LogP) is 3.87. The summed E-state index contributed by atoms with van der Waals surface area (Å²) in [4.78, 5) is 2.10. The zero-order chi connectivity index (χ0) is 14.5. The first kappa shape index (κ1) is 13.6. The molecule has 1 aliphatic rings. The third-order valence-corrected chi connectivity index (χ3v) is 3.60. The Labute approximate surface area is 124 Å². The first-order chi connectivity index (χ1) is 10.3. The van der Waals surface area contributed by atoms with E-state index in [1.807, 2.05) is 42.5 Å². The smallest absolute Gasteiger partial charge is 0.147 e. The highest BCUT2D eigenvalue weighted by molar-refractivity contribution is 5.81. The van der Waals surface area contributed by atoms with Gasteiger partial charge in [-0.1, -0.05) is 24.3 Å². The van der Waals surface area contributed by atoms with E-state index >= 15 is 0 Å². The van der Waals surface area contributed by atoms with Crippen LogP contribution in [0.3, 0.4) is 0 Å². The van der Waals surface area contributed by atoms with Crippen molar-refractivity contribution in [2.45, 2.75) is 12.8 Å². The van der Waals surface area contributed by atoms with E-state index in [2.05, 4.69) is 15.4 Å². The Kier molecular flexibility index (Phi) is 4.15. The number of benzene rings is 2. The molecule has 0 bridgehead atoms. The maximum Gasteiger partial charge on any atom is 0.147 e. The number of nitrogens with one attached hydrogen (secondary N) is 1. The molecule has 0 radical (unpaired) electrons. The third-order valence-electron chi connectivity index (χ3n) is 3.60. The van der Waals surface area contributed by atoms with E-state index in [1.54, 1.807) is 6.21 Å². The molecular formula is C17H18FN3. The molecule has 1 N–H and O–H groups in total. The van der Waals surface area contributed by atoms with E-state index in [1.165, 1.54) is 6.07 Å². The predicted molar refractivity (Wildman–Crippen MR) is 85.5 cm³/mol. The number of hydrogen-bond acceptors (Lipinski definition) is 3. The Morgan fingerprint density at radius 1 is 1.05 bits per heavy atom. The molecule has 1 aliphatic heterocycles. The fraction of sp³-hybridized carbons (Fsp3) is 0.235. The molecule has 0 spiro atoms. The molecule has 2 aromatic carbocycles. The lowest BCUT2D eigenvalue weighted by Crippen LogP contribution is -2.18. The number of anilines is 2. The normalized spacial score (nSPS) is 14.8. The highest BCUT2D eigenvalue weighted by atomic mass is 19.1. The van der Waals surface area contributed by atoms with Crippen molar-refractivity contribution in [3.8, 4) is 0 Å². The lowest BCUT2D eigenvalue weighted by Gasteiger charge is -2.18. The molecule has 3 rings (SSSR count). The van der Waals surface area contributed by atoms with Gasteiger partial charge in [-0.05, 0) is 42.7 Å². The average Bonchev–Trinajstić information content (AvgIpc) is 3.02. The van der Waals surface area contributed by atoms with E-state index < -0.39 is 0 Å². The molecular weight excluding hydrogens is 265 g/mol. The van der Waals surface area contributed by atoms with Gasteiger partial charge < -0.3 is 4.90 Å². The van der Waals surface area contributed by atoms with Gasteiger partial charge >= 0.3 is 0 Å². The second-order valence-corrected chi connectivity index (χ2v) is 5.14. The van der Waals surface area contributed by atoms with Crippen LogP contribution in [0.25, 0.3) is 0 Å². The first-order valence-corrected chi connectivity index (χ1v) is 7.21. The van der Waals surface area contributed by atoms with Crippen LogP contribution in [0, 0.1) is 5.82 Å². The quantitative estimate of drug-likeness (QED) is 0.681. The largest absolute Gasteiger partial charge is 0.369 e. The van der Waals surface area contributed by atoms with Crippen LogP contribution in [0.4, 0.5) is 15.8 Å². The van der Waals surface area contributed by atoms with E-state index in [9.17, 15) is 4.39 Å².